The average Bonchev–Trinajstić information content (AvgIpc) is 2.79. The quantitative estimate of drug-likeness (QED) is 0.433. The second-order valence-corrected chi connectivity index (χ2v) is 7.54. The Morgan fingerprint density at radius 2 is 2.00 bits per heavy atom. The van der Waals surface area contributed by atoms with Crippen LogP contribution in [0.3, 0.4) is 0 Å². The Kier molecular flexibility index (Phi) is 6.74. The number of rotatable bonds is 8. The Hall–Kier alpha value is -3.45. The van der Waals surface area contributed by atoms with Gasteiger partial charge in [0, 0.05) is 31.6 Å². The third kappa shape index (κ3) is 5.38. The van der Waals surface area contributed by atoms with Crippen molar-refractivity contribution in [2.75, 3.05) is 18.6 Å². The van der Waals surface area contributed by atoms with E-state index in [4.69, 9.17) is 4.74 Å². The summed E-state index contributed by atoms with van der Waals surface area (Å²) in [4.78, 5) is 22.3. The Bertz CT molecular complexity index is 1090. The zero-order chi connectivity index (χ0) is 21.5. The van der Waals surface area contributed by atoms with E-state index in [1.165, 1.54) is 5.56 Å². The normalized spacial score (nSPS) is 13.8. The van der Waals surface area contributed by atoms with Gasteiger partial charge in [0.15, 0.2) is 0 Å². The summed E-state index contributed by atoms with van der Waals surface area (Å²) in [7, 11) is 0. The molecule has 1 aliphatic heterocycles. The van der Waals surface area contributed by atoms with Crippen LogP contribution >= 0.6 is 0 Å². The molecular weight excluding hydrogens is 390 g/mol. The molecule has 31 heavy (non-hydrogen) atoms. The molecule has 2 heterocycles. The fourth-order valence-corrected chi connectivity index (χ4v) is 3.60. The minimum Gasteiger partial charge on any atom is -0.493 e. The van der Waals surface area contributed by atoms with Crippen molar-refractivity contribution in [1.82, 2.24) is 14.9 Å². The minimum atomic E-state index is -0.118. The molecule has 0 spiro atoms. The summed E-state index contributed by atoms with van der Waals surface area (Å²) in [6.07, 6.45) is 3.34. The summed E-state index contributed by atoms with van der Waals surface area (Å²) in [5.74, 6) is 1.13. The maximum atomic E-state index is 12.7. The molecule has 0 aliphatic carbocycles. The molecule has 2 N–H and O–H groups in total. The first-order chi connectivity index (χ1) is 15.2. The Morgan fingerprint density at radius 3 is 2.84 bits per heavy atom. The van der Waals surface area contributed by atoms with E-state index in [1.54, 1.807) is 6.21 Å². The number of benzene rings is 2. The Balaban J connectivity index is 1.43. The number of aromatic nitrogens is 2. The lowest BCUT2D eigenvalue weighted by atomic mass is 10.1. The van der Waals surface area contributed by atoms with Gasteiger partial charge in [-0.3, -0.25) is 14.7 Å². The maximum Gasteiger partial charge on any atom is 0.257 e. The molecule has 7 heteroatoms. The van der Waals surface area contributed by atoms with E-state index in [0.717, 1.165) is 48.5 Å². The van der Waals surface area contributed by atoms with E-state index in [-0.39, 0.29) is 5.56 Å². The van der Waals surface area contributed by atoms with Crippen molar-refractivity contribution >= 4 is 12.2 Å². The number of H-pyrrole nitrogens is 1. The predicted molar refractivity (Wildman–Crippen MR) is 123 cm³/mol. The summed E-state index contributed by atoms with van der Waals surface area (Å²) in [5.41, 5.74) is 6.40. The van der Waals surface area contributed by atoms with E-state index in [2.05, 4.69) is 44.5 Å². The minimum absolute atomic E-state index is 0.118. The number of ether oxygens (including phenoxy) is 1. The molecule has 0 atom stereocenters. The van der Waals surface area contributed by atoms with Crippen molar-refractivity contribution < 1.29 is 4.74 Å². The predicted octanol–water partition coefficient (Wildman–Crippen LogP) is 3.56. The lowest BCUT2D eigenvalue weighted by Crippen LogP contribution is -2.35. The molecule has 0 fully saturated rings. The molecule has 7 nitrogen and oxygen atoms in total. The van der Waals surface area contributed by atoms with Crippen molar-refractivity contribution in [3.63, 3.8) is 0 Å². The van der Waals surface area contributed by atoms with E-state index >= 15 is 0 Å². The Morgan fingerprint density at radius 1 is 1.19 bits per heavy atom. The zero-order valence-corrected chi connectivity index (χ0v) is 17.7. The first-order valence-electron chi connectivity index (χ1n) is 10.6. The smallest absolute Gasteiger partial charge is 0.257 e. The van der Waals surface area contributed by atoms with Gasteiger partial charge in [-0.2, -0.15) is 5.10 Å². The third-order valence-electron chi connectivity index (χ3n) is 5.15. The number of fused-ring (bicyclic) bond motifs is 1. The summed E-state index contributed by atoms with van der Waals surface area (Å²) in [6.45, 7) is 5.00. The standard InChI is InChI=1S/C24H27N5O2/c1-2-14-31-22-11-7-6-10-19(22)15-25-28-24-26-21-12-13-29(17-20(21)23(30)27-24)16-18-8-4-3-5-9-18/h3-11,15H,2,12-14,16-17H2,1H3,(H2,26,27,28,30)/b25-15-. The summed E-state index contributed by atoms with van der Waals surface area (Å²) < 4.78 is 5.74. The lowest BCUT2D eigenvalue weighted by Gasteiger charge is -2.27. The SMILES string of the molecule is CCCOc1ccccc1/C=N\Nc1nc2c(c(=O)[nH]1)CN(Cc1ccccc1)CC2. The highest BCUT2D eigenvalue weighted by Gasteiger charge is 2.21. The first-order valence-corrected chi connectivity index (χ1v) is 10.6. The summed E-state index contributed by atoms with van der Waals surface area (Å²) in [6, 6.07) is 18.0. The number of nitrogens with one attached hydrogen (secondary N) is 2. The molecule has 0 radical (unpaired) electrons. The van der Waals surface area contributed by atoms with Gasteiger partial charge in [0.2, 0.25) is 5.95 Å². The molecule has 0 saturated carbocycles. The highest BCUT2D eigenvalue weighted by Crippen LogP contribution is 2.18. The lowest BCUT2D eigenvalue weighted by molar-refractivity contribution is 0.242. The zero-order valence-electron chi connectivity index (χ0n) is 17.7. The molecule has 0 saturated heterocycles. The largest absolute Gasteiger partial charge is 0.493 e. The number of hydrazone groups is 1. The maximum absolute atomic E-state index is 12.7. The first kappa shape index (κ1) is 20.8. The van der Waals surface area contributed by atoms with Crippen LogP contribution in [0.4, 0.5) is 5.95 Å². The van der Waals surface area contributed by atoms with Crippen LogP contribution in [0.2, 0.25) is 0 Å². The van der Waals surface area contributed by atoms with Gasteiger partial charge in [-0.15, -0.1) is 0 Å². The van der Waals surface area contributed by atoms with Crippen molar-refractivity contribution in [2.24, 2.45) is 5.10 Å². The van der Waals surface area contributed by atoms with Gasteiger partial charge in [0.25, 0.3) is 5.56 Å². The van der Waals surface area contributed by atoms with Crippen LogP contribution in [0.25, 0.3) is 0 Å². The van der Waals surface area contributed by atoms with Crippen LogP contribution in [0, 0.1) is 0 Å². The molecule has 0 amide bonds. The van der Waals surface area contributed by atoms with Gasteiger partial charge < -0.3 is 4.74 Å². The topological polar surface area (TPSA) is 82.6 Å². The average molecular weight is 418 g/mol. The number of anilines is 1. The molecule has 0 unspecified atom stereocenters. The van der Waals surface area contributed by atoms with Crippen LogP contribution < -0.4 is 15.7 Å². The second-order valence-electron chi connectivity index (χ2n) is 7.54. The molecule has 2 aromatic carbocycles. The van der Waals surface area contributed by atoms with Crippen LogP contribution in [0.5, 0.6) is 5.75 Å². The van der Waals surface area contributed by atoms with Crippen LogP contribution in [-0.2, 0) is 19.5 Å². The van der Waals surface area contributed by atoms with Crippen molar-refractivity contribution in [2.45, 2.75) is 32.9 Å². The van der Waals surface area contributed by atoms with Gasteiger partial charge >= 0.3 is 0 Å². The van der Waals surface area contributed by atoms with Gasteiger partial charge in [-0.25, -0.2) is 10.4 Å². The molecule has 1 aromatic heterocycles. The van der Waals surface area contributed by atoms with Gasteiger partial charge in [0.1, 0.15) is 5.75 Å². The molecule has 1 aliphatic rings. The molecule has 160 valence electrons. The van der Waals surface area contributed by atoms with Gasteiger partial charge in [-0.1, -0.05) is 49.4 Å². The molecule has 0 bridgehead atoms. The molecule has 3 aromatic rings. The van der Waals surface area contributed by atoms with E-state index in [1.807, 2.05) is 42.5 Å². The summed E-state index contributed by atoms with van der Waals surface area (Å²) in [5, 5.41) is 4.24. The number of aromatic amines is 1. The van der Waals surface area contributed by atoms with Gasteiger partial charge in [0.05, 0.1) is 24.1 Å². The van der Waals surface area contributed by atoms with Crippen LogP contribution in [0.1, 0.15) is 35.7 Å². The monoisotopic (exact) mass is 417 g/mol. The fraction of sp³-hybridized carbons (Fsp3) is 0.292. The number of para-hydroxylation sites is 1. The van der Waals surface area contributed by atoms with E-state index < -0.39 is 0 Å². The van der Waals surface area contributed by atoms with Crippen LogP contribution in [-0.4, -0.2) is 34.2 Å². The molecular formula is C24H27N5O2. The van der Waals surface area contributed by atoms with Crippen molar-refractivity contribution in [3.05, 3.63) is 87.3 Å². The number of hydrogen-bond acceptors (Lipinski definition) is 6. The highest BCUT2D eigenvalue weighted by atomic mass is 16.5. The summed E-state index contributed by atoms with van der Waals surface area (Å²) >= 11 is 0. The van der Waals surface area contributed by atoms with Crippen molar-refractivity contribution in [3.8, 4) is 5.75 Å². The number of hydrogen-bond donors (Lipinski definition) is 2. The highest BCUT2D eigenvalue weighted by molar-refractivity contribution is 5.83. The van der Waals surface area contributed by atoms with E-state index in [0.29, 0.717) is 19.1 Å². The van der Waals surface area contributed by atoms with Crippen molar-refractivity contribution in [1.29, 1.82) is 0 Å². The van der Waals surface area contributed by atoms with Crippen LogP contribution in [0.15, 0.2) is 64.5 Å². The fourth-order valence-electron chi connectivity index (χ4n) is 3.60. The molecule has 4 rings (SSSR count). The van der Waals surface area contributed by atoms with Gasteiger partial charge in [-0.05, 0) is 24.1 Å². The third-order valence-corrected chi connectivity index (χ3v) is 5.15. The second kappa shape index (κ2) is 10.0. The van der Waals surface area contributed by atoms with E-state index in [9.17, 15) is 4.79 Å². The number of nitrogens with zero attached hydrogens (tertiary/aromatic N) is 3. The Labute approximate surface area is 181 Å².